The Balaban J connectivity index is 1.61. The van der Waals surface area contributed by atoms with Crippen molar-refractivity contribution in [2.24, 2.45) is 0 Å². The second-order valence-corrected chi connectivity index (χ2v) is 14.2. The monoisotopic (exact) mass is 685 g/mol. The van der Waals surface area contributed by atoms with E-state index in [1.54, 1.807) is 24.7 Å². The summed E-state index contributed by atoms with van der Waals surface area (Å²) in [6, 6.07) is 0. The van der Waals surface area contributed by atoms with Gasteiger partial charge in [0.25, 0.3) is 0 Å². The molecule has 2 aromatic rings. The first kappa shape index (κ1) is 40.9. The molecule has 2 rings (SSSR count). The summed E-state index contributed by atoms with van der Waals surface area (Å²) in [4.78, 5) is 24.2. The maximum atomic E-state index is 13.5. The molecule has 0 bridgehead atoms. The van der Waals surface area contributed by atoms with Crippen LogP contribution in [0, 0.1) is 0 Å². The third kappa shape index (κ3) is 18.7. The van der Waals surface area contributed by atoms with Crippen LogP contribution in [0.4, 0.5) is 10.6 Å². The lowest BCUT2D eigenvalue weighted by atomic mass is 10.0. The van der Waals surface area contributed by atoms with E-state index < -0.39 is 26.6 Å². The average Bonchev–Trinajstić information content (AvgIpc) is 3.44. The van der Waals surface area contributed by atoms with E-state index in [0.29, 0.717) is 37.3 Å². The normalized spacial score (nSPS) is 13.6. The van der Waals surface area contributed by atoms with Gasteiger partial charge in [-0.2, -0.15) is 0 Å². The van der Waals surface area contributed by atoms with E-state index in [1.165, 1.54) is 89.8 Å². The molecule has 270 valence electrons. The van der Waals surface area contributed by atoms with Gasteiger partial charge in [-0.1, -0.05) is 90.4 Å². The Morgan fingerprint density at radius 2 is 1.45 bits per heavy atom. The smallest absolute Gasteiger partial charge is 0.432 e. The molecular weight excluding hydrogens is 625 g/mol. The Bertz CT molecular complexity index is 1150. The predicted molar refractivity (Wildman–Crippen MR) is 183 cm³/mol. The zero-order valence-corrected chi connectivity index (χ0v) is 30.1. The minimum absolute atomic E-state index is 0.132. The quantitative estimate of drug-likeness (QED) is 0.0378. The number of carbonyl (C=O) groups is 1. The minimum Gasteiger partial charge on any atom is -0.432 e. The summed E-state index contributed by atoms with van der Waals surface area (Å²) in [6.07, 6.45) is 19.9. The van der Waals surface area contributed by atoms with Crippen molar-refractivity contribution >= 4 is 30.7 Å². The molecule has 0 fully saturated rings. The molecule has 1 unspecified atom stereocenters. The van der Waals surface area contributed by atoms with Crippen LogP contribution in [0.25, 0.3) is 11.2 Å². The highest BCUT2D eigenvalue weighted by Crippen LogP contribution is 2.48. The van der Waals surface area contributed by atoms with E-state index in [0.717, 1.165) is 6.42 Å². The lowest BCUT2D eigenvalue weighted by Gasteiger charge is -2.21. The zero-order valence-electron chi connectivity index (χ0n) is 29.2. The van der Waals surface area contributed by atoms with Crippen LogP contribution in [0.5, 0.6) is 0 Å². The van der Waals surface area contributed by atoms with Crippen LogP contribution in [0.2, 0.25) is 0 Å². The van der Waals surface area contributed by atoms with Gasteiger partial charge in [-0.3, -0.25) is 9.09 Å². The highest BCUT2D eigenvalue weighted by Gasteiger charge is 2.28. The molecule has 2 heterocycles. The van der Waals surface area contributed by atoms with Gasteiger partial charge in [-0.25, -0.2) is 19.7 Å². The molecule has 47 heavy (non-hydrogen) atoms. The zero-order chi connectivity index (χ0) is 34.2. The van der Waals surface area contributed by atoms with E-state index in [1.807, 2.05) is 6.92 Å². The second kappa shape index (κ2) is 24.8. The molecule has 2 atom stereocenters. The van der Waals surface area contributed by atoms with E-state index in [2.05, 4.69) is 21.9 Å². The van der Waals surface area contributed by atoms with E-state index in [4.69, 9.17) is 33.7 Å². The summed E-state index contributed by atoms with van der Waals surface area (Å²) in [5.74, 6) is 0.285. The lowest BCUT2D eigenvalue weighted by Crippen LogP contribution is -2.19. The Morgan fingerprint density at radius 1 is 0.830 bits per heavy atom. The van der Waals surface area contributed by atoms with Gasteiger partial charge < -0.3 is 33.8 Å². The summed E-state index contributed by atoms with van der Waals surface area (Å²) < 4.78 is 47.6. The largest absolute Gasteiger partial charge is 0.510 e. The summed E-state index contributed by atoms with van der Waals surface area (Å²) in [6.45, 7) is 8.52. The van der Waals surface area contributed by atoms with Gasteiger partial charge in [0.1, 0.15) is 18.2 Å². The average molecular weight is 686 g/mol. The third-order valence-electron chi connectivity index (χ3n) is 7.52. The molecule has 0 aliphatic heterocycles. The number of hydrogen-bond acceptors (Lipinski definition) is 12. The van der Waals surface area contributed by atoms with Crippen molar-refractivity contribution in [3.05, 3.63) is 12.7 Å². The molecule has 0 amide bonds. The Labute approximate surface area is 281 Å². The van der Waals surface area contributed by atoms with Crippen LogP contribution in [-0.2, 0) is 39.1 Å². The molecule has 13 nitrogen and oxygen atoms in total. The van der Waals surface area contributed by atoms with Gasteiger partial charge in [-0.15, -0.1) is 0 Å². The first-order valence-electron chi connectivity index (χ1n) is 17.6. The molecule has 0 saturated heterocycles. The molecule has 14 heteroatoms. The van der Waals surface area contributed by atoms with Gasteiger partial charge in [0, 0.05) is 13.2 Å². The molecule has 0 aliphatic carbocycles. The van der Waals surface area contributed by atoms with Crippen molar-refractivity contribution < 1.29 is 37.4 Å². The predicted octanol–water partition coefficient (Wildman–Crippen LogP) is 8.40. The number of nitrogens with zero attached hydrogens (tertiary/aromatic N) is 4. The SMILES string of the molecule is CCCCCCCCCCCCCCCCOCCCOP(=O)(CO[C@H](C)Cn1cnc2c(N)ncnc21)OCOC(=O)OC(C)C. The van der Waals surface area contributed by atoms with Crippen LogP contribution in [0.3, 0.4) is 0 Å². The van der Waals surface area contributed by atoms with Gasteiger partial charge >= 0.3 is 13.8 Å². The highest BCUT2D eigenvalue weighted by atomic mass is 31.2. The lowest BCUT2D eigenvalue weighted by molar-refractivity contribution is -0.0185. The van der Waals surface area contributed by atoms with E-state index >= 15 is 0 Å². The number of nitrogen functional groups attached to an aromatic ring is 1. The molecular formula is C33H60N5O8P. The number of hydrogen-bond donors (Lipinski definition) is 1. The Morgan fingerprint density at radius 3 is 2.09 bits per heavy atom. The molecule has 2 N–H and O–H groups in total. The molecule has 2 aromatic heterocycles. The van der Waals surface area contributed by atoms with Crippen molar-refractivity contribution in [2.75, 3.05) is 38.7 Å². The number of carbonyl (C=O) groups excluding carboxylic acids is 1. The number of unbranched alkanes of at least 4 members (excludes halogenated alkanes) is 13. The minimum atomic E-state index is -3.78. The topological polar surface area (TPSA) is 159 Å². The number of nitrogens with two attached hydrogens (primary N) is 1. The fourth-order valence-corrected chi connectivity index (χ4v) is 6.22. The number of fused-ring (bicyclic) bond motifs is 1. The number of ether oxygens (including phenoxy) is 4. The molecule has 0 radical (unpaired) electrons. The molecule has 0 aliphatic rings. The molecule has 0 aromatic carbocycles. The van der Waals surface area contributed by atoms with Gasteiger partial charge in [0.05, 0.1) is 31.7 Å². The van der Waals surface area contributed by atoms with Gasteiger partial charge in [0.15, 0.2) is 11.5 Å². The highest BCUT2D eigenvalue weighted by molar-refractivity contribution is 7.53. The number of anilines is 1. The maximum absolute atomic E-state index is 13.5. The van der Waals surface area contributed by atoms with Crippen molar-refractivity contribution in [3.8, 4) is 0 Å². The standard InChI is InChI=1S/C33H60N5O8P/c1-5-6-7-8-9-10-11-12-13-14-15-16-17-18-20-41-21-19-22-44-47(40,45-26-42-33(39)46-28(2)3)27-43-29(4)23-38-25-37-30-31(34)35-24-36-32(30)38/h24-25,28-29H,5-23,26-27H2,1-4H3,(H2,34,35,36)/t29-,47?/m1/s1. The Hall–Kier alpha value is -2.31. The van der Waals surface area contributed by atoms with Crippen LogP contribution in [0.1, 0.15) is 124 Å². The number of aromatic nitrogens is 4. The summed E-state index contributed by atoms with van der Waals surface area (Å²) in [5.41, 5.74) is 6.93. The first-order valence-corrected chi connectivity index (χ1v) is 19.3. The van der Waals surface area contributed by atoms with Crippen molar-refractivity contribution in [1.82, 2.24) is 19.5 Å². The fraction of sp³-hybridized carbons (Fsp3) is 0.818. The Kier molecular flexibility index (Phi) is 21.5. The van der Waals surface area contributed by atoms with Crippen molar-refractivity contribution in [2.45, 2.75) is 143 Å². The first-order chi connectivity index (χ1) is 22.7. The summed E-state index contributed by atoms with van der Waals surface area (Å²) in [5, 5.41) is 0. The number of rotatable bonds is 29. The maximum Gasteiger partial charge on any atom is 0.510 e. The van der Waals surface area contributed by atoms with Crippen molar-refractivity contribution in [3.63, 3.8) is 0 Å². The van der Waals surface area contributed by atoms with E-state index in [-0.39, 0.29) is 24.9 Å². The van der Waals surface area contributed by atoms with Gasteiger partial charge in [-0.05, 0) is 33.6 Å². The summed E-state index contributed by atoms with van der Waals surface area (Å²) >= 11 is 0. The van der Waals surface area contributed by atoms with Crippen LogP contribution < -0.4 is 5.73 Å². The van der Waals surface area contributed by atoms with Crippen LogP contribution >= 0.6 is 7.60 Å². The number of imidazole rings is 1. The van der Waals surface area contributed by atoms with E-state index in [9.17, 15) is 9.36 Å². The molecule has 0 saturated carbocycles. The fourth-order valence-electron chi connectivity index (χ4n) is 4.94. The molecule has 0 spiro atoms. The second-order valence-electron chi connectivity index (χ2n) is 12.2. The third-order valence-corrected chi connectivity index (χ3v) is 9.06. The summed E-state index contributed by atoms with van der Waals surface area (Å²) in [7, 11) is -3.78. The van der Waals surface area contributed by atoms with Gasteiger partial charge in [0.2, 0.25) is 6.79 Å². The van der Waals surface area contributed by atoms with Crippen LogP contribution in [0.15, 0.2) is 12.7 Å². The van der Waals surface area contributed by atoms with Crippen LogP contribution in [-0.4, -0.2) is 70.8 Å². The van der Waals surface area contributed by atoms with Crippen molar-refractivity contribution in [1.29, 1.82) is 0 Å².